The van der Waals surface area contributed by atoms with Crippen molar-refractivity contribution in [2.24, 2.45) is 0 Å². The Morgan fingerprint density at radius 2 is 1.90 bits per heavy atom. The lowest BCUT2D eigenvalue weighted by Gasteiger charge is -2.17. The normalized spacial score (nSPS) is 11.6. The van der Waals surface area contributed by atoms with Gasteiger partial charge in [0.05, 0.1) is 5.01 Å². The van der Waals surface area contributed by atoms with E-state index in [-0.39, 0.29) is 11.4 Å². The Bertz CT molecular complexity index is 516. The van der Waals surface area contributed by atoms with Gasteiger partial charge in [-0.3, -0.25) is 4.90 Å². The van der Waals surface area contributed by atoms with Crippen molar-refractivity contribution < 1.29 is 23.1 Å². The van der Waals surface area contributed by atoms with Crippen LogP contribution in [-0.2, 0) is 12.6 Å². The van der Waals surface area contributed by atoms with Crippen molar-refractivity contribution in [1.29, 1.82) is 0 Å². The predicted octanol–water partition coefficient (Wildman–Crippen LogP) is 3.08. The van der Waals surface area contributed by atoms with Gasteiger partial charge in [-0.1, -0.05) is 12.2 Å². The van der Waals surface area contributed by atoms with Crippen molar-refractivity contribution >= 4 is 17.3 Å². The van der Waals surface area contributed by atoms with Gasteiger partial charge in [0.1, 0.15) is 4.88 Å². The third-order valence-electron chi connectivity index (χ3n) is 2.55. The molecular weight excluding hydrogens is 305 g/mol. The summed E-state index contributed by atoms with van der Waals surface area (Å²) in [5, 5.41) is 8.97. The van der Waals surface area contributed by atoms with Gasteiger partial charge in [0.15, 0.2) is 5.69 Å². The highest BCUT2D eigenvalue weighted by Crippen LogP contribution is 2.34. The molecule has 0 radical (unpaired) electrons. The van der Waals surface area contributed by atoms with E-state index in [9.17, 15) is 18.0 Å². The number of hydrogen-bond acceptors (Lipinski definition) is 4. The van der Waals surface area contributed by atoms with E-state index in [2.05, 4.69) is 18.1 Å². The van der Waals surface area contributed by atoms with E-state index in [4.69, 9.17) is 5.11 Å². The van der Waals surface area contributed by atoms with Crippen LogP contribution < -0.4 is 0 Å². The second kappa shape index (κ2) is 7.37. The number of halogens is 3. The third-order valence-corrected chi connectivity index (χ3v) is 3.65. The van der Waals surface area contributed by atoms with Gasteiger partial charge >= 0.3 is 12.1 Å². The lowest BCUT2D eigenvalue weighted by Crippen LogP contribution is -2.26. The standard InChI is InChI=1S/C13H15F3N2O2S/c1-3-6-18(7-4-2)8-5-9-17-11(13(14,15)16)10(21-9)12(19)20/h3-4H,1-2,5-8H2,(H,19,20). The first-order valence-corrected chi connectivity index (χ1v) is 6.85. The van der Waals surface area contributed by atoms with Crippen LogP contribution in [0.1, 0.15) is 20.4 Å². The maximum atomic E-state index is 12.7. The summed E-state index contributed by atoms with van der Waals surface area (Å²) >= 11 is 0.564. The number of carbonyl (C=O) groups is 1. The highest BCUT2D eigenvalue weighted by Gasteiger charge is 2.39. The minimum atomic E-state index is -4.76. The van der Waals surface area contributed by atoms with Gasteiger partial charge < -0.3 is 5.11 Å². The second-order valence-electron chi connectivity index (χ2n) is 4.18. The first kappa shape index (κ1) is 17.4. The fourth-order valence-electron chi connectivity index (χ4n) is 1.68. The summed E-state index contributed by atoms with van der Waals surface area (Å²) in [5.74, 6) is -1.61. The van der Waals surface area contributed by atoms with E-state index in [1.807, 2.05) is 4.90 Å². The third kappa shape index (κ3) is 4.98. The van der Waals surface area contributed by atoms with Crippen LogP contribution in [-0.4, -0.2) is 40.6 Å². The molecule has 1 aromatic rings. The molecule has 0 saturated carbocycles. The minimum absolute atomic E-state index is 0.151. The first-order valence-electron chi connectivity index (χ1n) is 6.04. The number of aromatic carboxylic acids is 1. The summed E-state index contributed by atoms with van der Waals surface area (Å²) in [6.45, 7) is 8.77. The molecule has 0 bridgehead atoms. The molecule has 4 nitrogen and oxygen atoms in total. The number of carboxylic acids is 1. The molecule has 0 aliphatic heterocycles. The van der Waals surface area contributed by atoms with Crippen molar-refractivity contribution in [3.63, 3.8) is 0 Å². The molecule has 0 fully saturated rings. The average molecular weight is 320 g/mol. The Kier molecular flexibility index (Phi) is 6.10. The predicted molar refractivity (Wildman–Crippen MR) is 74.6 cm³/mol. The number of nitrogens with zero attached hydrogens (tertiary/aromatic N) is 2. The zero-order chi connectivity index (χ0) is 16.0. The molecule has 1 heterocycles. The zero-order valence-corrected chi connectivity index (χ0v) is 12.0. The van der Waals surface area contributed by atoms with Crippen molar-refractivity contribution in [2.75, 3.05) is 19.6 Å². The van der Waals surface area contributed by atoms with Gasteiger partial charge in [0, 0.05) is 26.1 Å². The zero-order valence-electron chi connectivity index (χ0n) is 11.2. The number of thiazole rings is 1. The van der Waals surface area contributed by atoms with E-state index < -0.39 is 22.7 Å². The fraction of sp³-hybridized carbons (Fsp3) is 0.385. The van der Waals surface area contributed by atoms with Crippen LogP contribution >= 0.6 is 11.3 Å². The molecule has 1 rings (SSSR count). The highest BCUT2D eigenvalue weighted by atomic mass is 32.1. The number of rotatable bonds is 8. The Balaban J connectivity index is 2.87. The van der Waals surface area contributed by atoms with Crippen molar-refractivity contribution in [2.45, 2.75) is 12.6 Å². The van der Waals surface area contributed by atoms with Crippen LogP contribution in [0.4, 0.5) is 13.2 Å². The van der Waals surface area contributed by atoms with E-state index in [0.717, 1.165) is 0 Å². The molecule has 21 heavy (non-hydrogen) atoms. The van der Waals surface area contributed by atoms with Crippen LogP contribution in [0.2, 0.25) is 0 Å². The van der Waals surface area contributed by atoms with Gasteiger partial charge in [-0.15, -0.1) is 24.5 Å². The number of alkyl halides is 3. The molecule has 8 heteroatoms. The molecule has 0 saturated heterocycles. The minimum Gasteiger partial charge on any atom is -0.477 e. The van der Waals surface area contributed by atoms with Crippen LogP contribution in [0.25, 0.3) is 0 Å². The van der Waals surface area contributed by atoms with E-state index in [1.165, 1.54) is 0 Å². The van der Waals surface area contributed by atoms with Gasteiger partial charge in [-0.05, 0) is 0 Å². The van der Waals surface area contributed by atoms with Crippen molar-refractivity contribution in [3.8, 4) is 0 Å². The molecule has 0 aliphatic rings. The van der Waals surface area contributed by atoms with E-state index >= 15 is 0 Å². The summed E-state index contributed by atoms with van der Waals surface area (Å²) in [6.07, 6.45) is -1.17. The summed E-state index contributed by atoms with van der Waals surface area (Å²) in [5.41, 5.74) is -1.33. The molecule has 1 N–H and O–H groups in total. The quantitative estimate of drug-likeness (QED) is 0.748. The maximum absolute atomic E-state index is 12.7. The van der Waals surface area contributed by atoms with Crippen molar-refractivity contribution in [3.05, 3.63) is 40.9 Å². The maximum Gasteiger partial charge on any atom is 0.435 e. The topological polar surface area (TPSA) is 53.4 Å². The first-order chi connectivity index (χ1) is 9.79. The van der Waals surface area contributed by atoms with Gasteiger partial charge in [0.25, 0.3) is 0 Å². The van der Waals surface area contributed by atoms with Gasteiger partial charge in [0.2, 0.25) is 0 Å². The summed E-state index contributed by atoms with van der Waals surface area (Å²) in [4.78, 5) is 15.4. The molecule has 0 atom stereocenters. The molecule has 0 unspecified atom stereocenters. The van der Waals surface area contributed by atoms with E-state index in [0.29, 0.717) is 31.0 Å². The molecular formula is C13H15F3N2O2S. The molecule has 0 aromatic carbocycles. The van der Waals surface area contributed by atoms with Gasteiger partial charge in [-0.25, -0.2) is 9.78 Å². The number of aromatic nitrogens is 1. The van der Waals surface area contributed by atoms with Crippen molar-refractivity contribution in [1.82, 2.24) is 9.88 Å². The largest absolute Gasteiger partial charge is 0.477 e. The van der Waals surface area contributed by atoms with Crippen LogP contribution in [0.5, 0.6) is 0 Å². The molecule has 0 spiro atoms. The number of carboxylic acid groups (broad SMARTS) is 1. The Morgan fingerprint density at radius 1 is 1.33 bits per heavy atom. The smallest absolute Gasteiger partial charge is 0.435 e. The number of hydrogen-bond donors (Lipinski definition) is 1. The average Bonchev–Trinajstić information content (AvgIpc) is 2.81. The summed E-state index contributed by atoms with van der Waals surface area (Å²) < 4.78 is 38.1. The molecule has 116 valence electrons. The monoisotopic (exact) mass is 320 g/mol. The molecule has 0 aliphatic carbocycles. The fourth-order valence-corrected chi connectivity index (χ4v) is 2.60. The summed E-state index contributed by atoms with van der Waals surface area (Å²) in [7, 11) is 0. The Labute approximate surface area is 124 Å². The summed E-state index contributed by atoms with van der Waals surface area (Å²) in [6, 6.07) is 0. The van der Waals surface area contributed by atoms with E-state index in [1.54, 1.807) is 12.2 Å². The lowest BCUT2D eigenvalue weighted by molar-refractivity contribution is -0.141. The molecule has 1 aromatic heterocycles. The SMILES string of the molecule is C=CCN(CC=C)CCc1nc(C(F)(F)F)c(C(=O)O)s1. The van der Waals surface area contributed by atoms with Gasteiger partial charge in [-0.2, -0.15) is 13.2 Å². The Hall–Kier alpha value is -1.67. The Morgan fingerprint density at radius 3 is 2.29 bits per heavy atom. The molecule has 0 amide bonds. The van der Waals surface area contributed by atoms with Crippen LogP contribution in [0, 0.1) is 0 Å². The second-order valence-corrected chi connectivity index (χ2v) is 5.26. The highest BCUT2D eigenvalue weighted by molar-refractivity contribution is 7.13. The van der Waals surface area contributed by atoms with Crippen LogP contribution in [0.3, 0.4) is 0 Å². The van der Waals surface area contributed by atoms with Crippen LogP contribution in [0.15, 0.2) is 25.3 Å². The lowest BCUT2D eigenvalue weighted by atomic mass is 10.3.